The highest BCUT2D eigenvalue weighted by Crippen LogP contribution is 2.21. The van der Waals surface area contributed by atoms with E-state index in [2.05, 4.69) is 15.6 Å². The van der Waals surface area contributed by atoms with E-state index in [1.165, 1.54) is 23.5 Å². The number of benzene rings is 2. The van der Waals surface area contributed by atoms with Crippen LogP contribution in [-0.4, -0.2) is 23.3 Å². The SMILES string of the molecule is O=C(CNC(=O)c1cc(F)cc(F)c1)Nc1ncc(Cc2ccc(F)cc2)s1. The zero-order valence-corrected chi connectivity index (χ0v) is 15.2. The number of carbonyl (C=O) groups is 2. The second-order valence-electron chi connectivity index (χ2n) is 5.82. The molecule has 5 nitrogen and oxygen atoms in total. The second kappa shape index (κ2) is 8.66. The fourth-order valence-electron chi connectivity index (χ4n) is 2.36. The molecule has 0 aliphatic carbocycles. The van der Waals surface area contributed by atoms with Crippen LogP contribution in [0.25, 0.3) is 0 Å². The Morgan fingerprint density at radius 1 is 0.964 bits per heavy atom. The first-order chi connectivity index (χ1) is 13.4. The van der Waals surface area contributed by atoms with E-state index < -0.39 is 23.4 Å². The highest BCUT2D eigenvalue weighted by atomic mass is 32.1. The average molecular weight is 405 g/mol. The Kier molecular flexibility index (Phi) is 6.05. The zero-order chi connectivity index (χ0) is 20.1. The monoisotopic (exact) mass is 405 g/mol. The van der Waals surface area contributed by atoms with Crippen LogP contribution in [0.5, 0.6) is 0 Å². The first kappa shape index (κ1) is 19.6. The average Bonchev–Trinajstić information content (AvgIpc) is 3.07. The van der Waals surface area contributed by atoms with Crippen molar-refractivity contribution >= 4 is 28.3 Å². The topological polar surface area (TPSA) is 71.1 Å². The van der Waals surface area contributed by atoms with E-state index in [-0.39, 0.29) is 17.9 Å². The third-order valence-corrected chi connectivity index (χ3v) is 4.54. The van der Waals surface area contributed by atoms with Gasteiger partial charge in [-0.1, -0.05) is 12.1 Å². The summed E-state index contributed by atoms with van der Waals surface area (Å²) in [6.45, 7) is -0.385. The van der Waals surface area contributed by atoms with Crippen LogP contribution in [0.3, 0.4) is 0 Å². The van der Waals surface area contributed by atoms with Crippen molar-refractivity contribution in [2.75, 3.05) is 11.9 Å². The third-order valence-electron chi connectivity index (χ3n) is 3.63. The van der Waals surface area contributed by atoms with Gasteiger partial charge in [-0.25, -0.2) is 18.2 Å². The molecule has 0 aliphatic heterocycles. The molecule has 0 atom stereocenters. The van der Waals surface area contributed by atoms with E-state index >= 15 is 0 Å². The van der Waals surface area contributed by atoms with Gasteiger partial charge in [0.1, 0.15) is 17.5 Å². The van der Waals surface area contributed by atoms with Gasteiger partial charge in [0.05, 0.1) is 6.54 Å². The Bertz CT molecular complexity index is 986. The molecular formula is C19H14F3N3O2S. The van der Waals surface area contributed by atoms with Crippen LogP contribution >= 0.6 is 11.3 Å². The summed E-state index contributed by atoms with van der Waals surface area (Å²) in [5.74, 6) is -3.39. The van der Waals surface area contributed by atoms with Crippen molar-refractivity contribution in [3.05, 3.63) is 82.1 Å². The lowest BCUT2D eigenvalue weighted by Crippen LogP contribution is -2.32. The van der Waals surface area contributed by atoms with Gasteiger partial charge in [0.25, 0.3) is 5.91 Å². The molecule has 2 aromatic carbocycles. The molecule has 2 amide bonds. The third kappa shape index (κ3) is 5.40. The standard InChI is InChI=1S/C19H14F3N3O2S/c20-13-3-1-11(2-4-13)5-16-9-24-19(28-16)25-17(26)10-23-18(27)12-6-14(21)8-15(22)7-12/h1-4,6-9H,5,10H2,(H,23,27)(H,24,25,26). The van der Waals surface area contributed by atoms with Crippen LogP contribution in [0.1, 0.15) is 20.8 Å². The summed E-state index contributed by atoms with van der Waals surface area (Å²) in [6, 6.07) is 8.46. The number of carbonyl (C=O) groups excluding carboxylic acids is 2. The molecule has 144 valence electrons. The fourth-order valence-corrected chi connectivity index (χ4v) is 3.22. The Labute approximate surface area is 162 Å². The lowest BCUT2D eigenvalue weighted by atomic mass is 10.1. The van der Waals surface area contributed by atoms with Crippen molar-refractivity contribution in [2.24, 2.45) is 0 Å². The van der Waals surface area contributed by atoms with Gasteiger partial charge in [-0.3, -0.25) is 9.59 Å². The molecular weight excluding hydrogens is 391 g/mol. The molecule has 0 spiro atoms. The molecule has 0 unspecified atom stereocenters. The first-order valence-corrected chi connectivity index (χ1v) is 8.94. The van der Waals surface area contributed by atoms with Gasteiger partial charge in [0.2, 0.25) is 5.91 Å². The van der Waals surface area contributed by atoms with Crippen molar-refractivity contribution in [3.8, 4) is 0 Å². The highest BCUT2D eigenvalue weighted by Gasteiger charge is 2.12. The Hall–Kier alpha value is -3.20. The second-order valence-corrected chi connectivity index (χ2v) is 6.94. The highest BCUT2D eigenvalue weighted by molar-refractivity contribution is 7.15. The summed E-state index contributed by atoms with van der Waals surface area (Å²) in [5.41, 5.74) is 0.679. The zero-order valence-electron chi connectivity index (χ0n) is 14.3. The van der Waals surface area contributed by atoms with Crippen LogP contribution in [0, 0.1) is 17.5 Å². The van der Waals surface area contributed by atoms with Crippen LogP contribution in [0.4, 0.5) is 18.3 Å². The molecule has 0 saturated heterocycles. The van der Waals surface area contributed by atoms with Crippen LogP contribution in [0.15, 0.2) is 48.7 Å². The normalized spacial score (nSPS) is 10.5. The van der Waals surface area contributed by atoms with Crippen LogP contribution in [-0.2, 0) is 11.2 Å². The van der Waals surface area contributed by atoms with Gasteiger partial charge in [0, 0.05) is 29.1 Å². The molecule has 0 bridgehead atoms. The van der Waals surface area contributed by atoms with Crippen molar-refractivity contribution in [1.82, 2.24) is 10.3 Å². The number of thiazole rings is 1. The number of hydrogen-bond acceptors (Lipinski definition) is 4. The Morgan fingerprint density at radius 2 is 1.64 bits per heavy atom. The predicted molar refractivity (Wildman–Crippen MR) is 98.6 cm³/mol. The molecule has 28 heavy (non-hydrogen) atoms. The summed E-state index contributed by atoms with van der Waals surface area (Å²) in [5, 5.41) is 5.16. The van der Waals surface area contributed by atoms with Crippen molar-refractivity contribution < 1.29 is 22.8 Å². The van der Waals surface area contributed by atoms with E-state index in [1.807, 2.05) is 0 Å². The maximum Gasteiger partial charge on any atom is 0.251 e. The summed E-state index contributed by atoms with van der Waals surface area (Å²) in [6.07, 6.45) is 2.13. The maximum absolute atomic E-state index is 13.1. The molecule has 2 N–H and O–H groups in total. The quantitative estimate of drug-likeness (QED) is 0.659. The largest absolute Gasteiger partial charge is 0.343 e. The molecule has 1 aromatic heterocycles. The molecule has 9 heteroatoms. The van der Waals surface area contributed by atoms with Crippen molar-refractivity contribution in [2.45, 2.75) is 6.42 Å². The van der Waals surface area contributed by atoms with Crippen molar-refractivity contribution in [1.29, 1.82) is 0 Å². The van der Waals surface area contributed by atoms with Crippen LogP contribution in [0.2, 0.25) is 0 Å². The lowest BCUT2D eigenvalue weighted by Gasteiger charge is -2.05. The number of hydrogen-bond donors (Lipinski definition) is 2. The number of halogens is 3. The van der Waals surface area contributed by atoms with E-state index in [0.29, 0.717) is 17.6 Å². The number of aromatic nitrogens is 1. The predicted octanol–water partition coefficient (Wildman–Crippen LogP) is 3.52. The van der Waals surface area contributed by atoms with Gasteiger partial charge in [-0.05, 0) is 29.8 Å². The maximum atomic E-state index is 13.1. The molecule has 0 saturated carbocycles. The summed E-state index contributed by atoms with van der Waals surface area (Å²) in [4.78, 5) is 28.8. The minimum atomic E-state index is -0.883. The summed E-state index contributed by atoms with van der Waals surface area (Å²) >= 11 is 1.25. The molecule has 1 heterocycles. The molecule has 0 radical (unpaired) electrons. The number of anilines is 1. The number of amides is 2. The molecule has 3 rings (SSSR count). The van der Waals surface area contributed by atoms with Gasteiger partial charge in [-0.2, -0.15) is 0 Å². The summed E-state index contributed by atoms with van der Waals surface area (Å²) in [7, 11) is 0. The number of nitrogens with zero attached hydrogens (tertiary/aromatic N) is 1. The van der Waals surface area contributed by atoms with Gasteiger partial charge >= 0.3 is 0 Å². The minimum Gasteiger partial charge on any atom is -0.343 e. The molecule has 3 aromatic rings. The Morgan fingerprint density at radius 3 is 2.32 bits per heavy atom. The lowest BCUT2D eigenvalue weighted by molar-refractivity contribution is -0.115. The molecule has 0 aliphatic rings. The minimum absolute atomic E-state index is 0.221. The van der Waals surface area contributed by atoms with Gasteiger partial charge in [0.15, 0.2) is 5.13 Å². The number of rotatable bonds is 6. The van der Waals surface area contributed by atoms with E-state index in [4.69, 9.17) is 0 Å². The number of nitrogens with one attached hydrogen (secondary N) is 2. The van der Waals surface area contributed by atoms with E-state index in [9.17, 15) is 22.8 Å². The summed E-state index contributed by atoms with van der Waals surface area (Å²) < 4.78 is 39.2. The smallest absolute Gasteiger partial charge is 0.251 e. The molecule has 0 fully saturated rings. The van der Waals surface area contributed by atoms with E-state index in [1.54, 1.807) is 18.3 Å². The van der Waals surface area contributed by atoms with Crippen LogP contribution < -0.4 is 10.6 Å². The van der Waals surface area contributed by atoms with Gasteiger partial charge in [-0.15, -0.1) is 11.3 Å². The van der Waals surface area contributed by atoms with E-state index in [0.717, 1.165) is 22.6 Å². The van der Waals surface area contributed by atoms with Crippen molar-refractivity contribution in [3.63, 3.8) is 0 Å². The Balaban J connectivity index is 1.51. The fraction of sp³-hybridized carbons (Fsp3) is 0.105. The van der Waals surface area contributed by atoms with Gasteiger partial charge < -0.3 is 10.6 Å². The first-order valence-electron chi connectivity index (χ1n) is 8.12.